The average molecular weight is 402 g/mol. The lowest BCUT2D eigenvalue weighted by molar-refractivity contribution is 0.143. The molecule has 0 atom stereocenters. The van der Waals surface area contributed by atoms with Crippen LogP contribution in [-0.4, -0.2) is 26.0 Å². The summed E-state index contributed by atoms with van der Waals surface area (Å²) in [5.41, 5.74) is 2.08. The van der Waals surface area contributed by atoms with E-state index in [9.17, 15) is 10.2 Å². The highest BCUT2D eigenvalue weighted by Crippen LogP contribution is 2.31. The molecule has 2 N–H and O–H groups in total. The van der Waals surface area contributed by atoms with Crippen molar-refractivity contribution in [2.75, 3.05) is 0 Å². The van der Waals surface area contributed by atoms with E-state index in [1.807, 2.05) is 12.1 Å². The van der Waals surface area contributed by atoms with Gasteiger partial charge in [0.15, 0.2) is 0 Å². The van der Waals surface area contributed by atoms with Crippen molar-refractivity contribution < 1.29 is 10.2 Å². The van der Waals surface area contributed by atoms with Crippen LogP contribution in [0.3, 0.4) is 0 Å². The molecule has 0 saturated heterocycles. The number of hydrogen-bond acceptors (Lipinski definition) is 2. The smallest absolute Gasteiger partial charge is 0.120 e. The summed E-state index contributed by atoms with van der Waals surface area (Å²) >= 11 is 0. The molecule has 1 heterocycles. The molecule has 3 nitrogen and oxygen atoms in total. The third-order valence-corrected chi connectivity index (χ3v) is 4.88. The van der Waals surface area contributed by atoms with Crippen molar-refractivity contribution in [1.82, 2.24) is 4.57 Å². The first-order valence-electron chi connectivity index (χ1n) is 10.6. The Morgan fingerprint density at radius 2 is 1.23 bits per heavy atom. The van der Waals surface area contributed by atoms with Gasteiger partial charge in [-0.25, -0.2) is 0 Å². The second-order valence-electron chi connectivity index (χ2n) is 8.94. The maximum Gasteiger partial charge on any atom is 0.120 e. The fourth-order valence-corrected chi connectivity index (χ4v) is 3.47. The maximum atomic E-state index is 9.94. The molecule has 0 bridgehead atoms. The molecule has 0 spiro atoms. The first-order valence-corrected chi connectivity index (χ1v) is 10.6. The van der Waals surface area contributed by atoms with Crippen molar-refractivity contribution in [3.63, 3.8) is 0 Å². The number of unbranched alkanes of at least 4 members (excludes halogenated alkanes) is 2. The molecule has 0 aliphatic carbocycles. The van der Waals surface area contributed by atoms with Gasteiger partial charge in [-0.2, -0.15) is 0 Å². The number of rotatable bonds is 4. The van der Waals surface area contributed by atoms with E-state index in [0.717, 1.165) is 34.9 Å². The second-order valence-corrected chi connectivity index (χ2v) is 8.94. The predicted molar refractivity (Wildman–Crippen MR) is 125 cm³/mol. The van der Waals surface area contributed by atoms with Crippen molar-refractivity contribution >= 4 is 21.8 Å². The summed E-state index contributed by atoms with van der Waals surface area (Å²) in [6, 6.07) is 12.5. The molecule has 30 heavy (non-hydrogen) atoms. The average Bonchev–Trinajstić information content (AvgIpc) is 2.97. The summed E-state index contributed by atoms with van der Waals surface area (Å²) in [5, 5.41) is 22.1. The lowest BCUT2D eigenvalue weighted by Crippen LogP contribution is -2.14. The van der Waals surface area contributed by atoms with E-state index in [-0.39, 0.29) is 0 Å². The summed E-state index contributed by atoms with van der Waals surface area (Å²) in [6.07, 6.45) is 3.52. The third kappa shape index (κ3) is 5.45. The summed E-state index contributed by atoms with van der Waals surface area (Å²) < 4.78 is 2.38. The van der Waals surface area contributed by atoms with E-state index in [4.69, 9.17) is 0 Å². The SMILES string of the molecule is CCCCCn1c2ccc(C#CC(C)(C)O)cc2c2cc(C#CC(C)(C)O)ccc21. The van der Waals surface area contributed by atoms with Gasteiger partial charge in [0.25, 0.3) is 0 Å². The highest BCUT2D eigenvalue weighted by molar-refractivity contribution is 6.09. The van der Waals surface area contributed by atoms with E-state index in [0.29, 0.717) is 0 Å². The van der Waals surface area contributed by atoms with E-state index in [1.165, 1.54) is 23.9 Å². The van der Waals surface area contributed by atoms with E-state index >= 15 is 0 Å². The van der Waals surface area contributed by atoms with Crippen LogP contribution < -0.4 is 0 Å². The van der Waals surface area contributed by atoms with Gasteiger partial charge in [-0.15, -0.1) is 0 Å². The van der Waals surface area contributed by atoms with Crippen LogP contribution in [0, 0.1) is 23.7 Å². The summed E-state index contributed by atoms with van der Waals surface area (Å²) in [4.78, 5) is 0. The number of fused-ring (bicyclic) bond motifs is 3. The Kier molecular flexibility index (Phi) is 6.27. The van der Waals surface area contributed by atoms with Crippen LogP contribution in [0.4, 0.5) is 0 Å². The van der Waals surface area contributed by atoms with Crippen LogP contribution >= 0.6 is 0 Å². The predicted octanol–water partition coefficient (Wildman–Crippen LogP) is 5.23. The minimum atomic E-state index is -1.02. The monoisotopic (exact) mass is 401 g/mol. The molecule has 0 saturated carbocycles. The molecule has 0 amide bonds. The Morgan fingerprint density at radius 1 is 0.767 bits per heavy atom. The minimum absolute atomic E-state index is 0.880. The van der Waals surface area contributed by atoms with Gasteiger partial charge in [0.05, 0.1) is 0 Å². The van der Waals surface area contributed by atoms with Gasteiger partial charge in [0.2, 0.25) is 0 Å². The Morgan fingerprint density at radius 3 is 1.63 bits per heavy atom. The first-order chi connectivity index (χ1) is 14.1. The van der Waals surface area contributed by atoms with Gasteiger partial charge in [0, 0.05) is 39.5 Å². The zero-order valence-corrected chi connectivity index (χ0v) is 18.6. The molecule has 3 heteroatoms. The number of hydrogen-bond donors (Lipinski definition) is 2. The topological polar surface area (TPSA) is 45.4 Å². The molecule has 2 aromatic carbocycles. The Bertz CT molecular complexity index is 1090. The normalized spacial score (nSPS) is 11.8. The van der Waals surface area contributed by atoms with Crippen LogP contribution in [0.15, 0.2) is 36.4 Å². The Balaban J connectivity index is 2.18. The van der Waals surface area contributed by atoms with Gasteiger partial charge < -0.3 is 14.8 Å². The summed E-state index contributed by atoms with van der Waals surface area (Å²) in [7, 11) is 0. The quantitative estimate of drug-likeness (QED) is 0.464. The largest absolute Gasteiger partial charge is 0.378 e. The molecule has 0 fully saturated rings. The number of aliphatic hydroxyl groups is 2. The summed E-state index contributed by atoms with van der Waals surface area (Å²) in [5.74, 6) is 12.0. The number of aromatic nitrogens is 1. The van der Waals surface area contributed by atoms with E-state index in [2.05, 4.69) is 59.4 Å². The standard InChI is InChI=1S/C27H31NO2/c1-6-7-8-17-28-24-11-9-20(13-15-26(2,3)29)18-22(24)23-19-21(10-12-25(23)28)14-16-27(4,5)30/h9-12,18-19,29-30H,6-8,17H2,1-5H3. The molecule has 0 aliphatic heterocycles. The van der Waals surface area contributed by atoms with Crippen molar-refractivity contribution in [2.24, 2.45) is 0 Å². The Hall–Kier alpha value is -2.72. The van der Waals surface area contributed by atoms with Crippen LogP contribution in [-0.2, 0) is 6.54 Å². The lowest BCUT2D eigenvalue weighted by Gasteiger charge is -2.07. The van der Waals surface area contributed by atoms with Gasteiger partial charge in [-0.1, -0.05) is 43.4 Å². The number of nitrogens with zero attached hydrogens (tertiary/aromatic N) is 1. The molecule has 3 rings (SSSR count). The summed E-state index contributed by atoms with van der Waals surface area (Å²) in [6.45, 7) is 9.93. The molecule has 0 radical (unpaired) electrons. The van der Waals surface area contributed by atoms with Crippen molar-refractivity contribution in [2.45, 2.75) is 71.6 Å². The zero-order chi connectivity index (χ0) is 21.9. The molecule has 3 aromatic rings. The van der Waals surface area contributed by atoms with Gasteiger partial charge in [-0.3, -0.25) is 0 Å². The highest BCUT2D eigenvalue weighted by Gasteiger charge is 2.12. The molecular formula is C27H31NO2. The number of aryl methyl sites for hydroxylation is 1. The van der Waals surface area contributed by atoms with Crippen LogP contribution in [0.25, 0.3) is 21.8 Å². The van der Waals surface area contributed by atoms with Crippen molar-refractivity contribution in [3.05, 3.63) is 47.5 Å². The van der Waals surface area contributed by atoms with E-state index in [1.54, 1.807) is 27.7 Å². The minimum Gasteiger partial charge on any atom is -0.378 e. The first kappa shape index (κ1) is 22.0. The molecular weight excluding hydrogens is 370 g/mol. The highest BCUT2D eigenvalue weighted by atomic mass is 16.3. The van der Waals surface area contributed by atoms with Crippen LogP contribution in [0.1, 0.15) is 65.0 Å². The zero-order valence-electron chi connectivity index (χ0n) is 18.6. The maximum absolute atomic E-state index is 9.94. The fourth-order valence-electron chi connectivity index (χ4n) is 3.47. The van der Waals surface area contributed by atoms with Gasteiger partial charge in [0.1, 0.15) is 11.2 Å². The van der Waals surface area contributed by atoms with Crippen LogP contribution in [0.5, 0.6) is 0 Å². The molecule has 1 aromatic heterocycles. The van der Waals surface area contributed by atoms with E-state index < -0.39 is 11.2 Å². The number of benzene rings is 2. The molecule has 156 valence electrons. The van der Waals surface area contributed by atoms with Crippen LogP contribution in [0.2, 0.25) is 0 Å². The molecule has 0 aliphatic rings. The van der Waals surface area contributed by atoms with Crippen molar-refractivity contribution in [1.29, 1.82) is 0 Å². The van der Waals surface area contributed by atoms with Gasteiger partial charge in [-0.05, 0) is 70.5 Å². The second kappa shape index (κ2) is 8.57. The van der Waals surface area contributed by atoms with Gasteiger partial charge >= 0.3 is 0 Å². The Labute approximate surface area is 179 Å². The fraction of sp³-hybridized carbons (Fsp3) is 0.407. The molecule has 0 unspecified atom stereocenters. The lowest BCUT2D eigenvalue weighted by atomic mass is 10.1. The van der Waals surface area contributed by atoms with Crippen molar-refractivity contribution in [3.8, 4) is 23.7 Å². The third-order valence-electron chi connectivity index (χ3n) is 4.88.